The lowest BCUT2D eigenvalue weighted by molar-refractivity contribution is 0.539. The van der Waals surface area contributed by atoms with Gasteiger partial charge in [0.1, 0.15) is 11.3 Å². The van der Waals surface area contributed by atoms with Crippen LogP contribution in [0.5, 0.6) is 0 Å². The Bertz CT molecular complexity index is 493. The SMILES string of the molecule is Cl.NCc1cc(=O)c2ccccc2o1. The first-order valence-corrected chi connectivity index (χ1v) is 4.03. The number of rotatable bonds is 1. The summed E-state index contributed by atoms with van der Waals surface area (Å²) in [4.78, 5) is 11.4. The van der Waals surface area contributed by atoms with Crippen LogP contribution in [0.4, 0.5) is 0 Å². The molecule has 4 heteroatoms. The van der Waals surface area contributed by atoms with Gasteiger partial charge in [-0.1, -0.05) is 12.1 Å². The van der Waals surface area contributed by atoms with Crippen molar-refractivity contribution >= 4 is 23.4 Å². The maximum Gasteiger partial charge on any atom is 0.192 e. The minimum atomic E-state index is -0.0395. The van der Waals surface area contributed by atoms with Crippen molar-refractivity contribution < 1.29 is 4.42 Å². The monoisotopic (exact) mass is 211 g/mol. The quantitative estimate of drug-likeness (QED) is 0.781. The minimum Gasteiger partial charge on any atom is -0.459 e. The van der Waals surface area contributed by atoms with Gasteiger partial charge < -0.3 is 10.2 Å². The predicted molar refractivity (Wildman–Crippen MR) is 57.6 cm³/mol. The number of nitrogens with two attached hydrogens (primary N) is 1. The molecule has 0 saturated carbocycles. The number of hydrogen-bond donors (Lipinski definition) is 1. The van der Waals surface area contributed by atoms with Crippen LogP contribution in [0, 0.1) is 0 Å². The molecule has 1 aromatic heterocycles. The van der Waals surface area contributed by atoms with Gasteiger partial charge in [0.15, 0.2) is 5.43 Å². The number of para-hydroxylation sites is 1. The molecule has 0 saturated heterocycles. The number of hydrogen-bond acceptors (Lipinski definition) is 3. The Balaban J connectivity index is 0.000000980. The van der Waals surface area contributed by atoms with Crippen molar-refractivity contribution in [2.45, 2.75) is 6.54 Å². The highest BCUT2D eigenvalue weighted by atomic mass is 35.5. The van der Waals surface area contributed by atoms with Gasteiger partial charge in [-0.2, -0.15) is 0 Å². The lowest BCUT2D eigenvalue weighted by Crippen LogP contribution is -2.05. The summed E-state index contributed by atoms with van der Waals surface area (Å²) < 4.78 is 5.37. The highest BCUT2D eigenvalue weighted by molar-refractivity contribution is 5.85. The molecule has 0 bridgehead atoms. The molecule has 2 N–H and O–H groups in total. The molecule has 0 fully saturated rings. The minimum absolute atomic E-state index is 0. The van der Waals surface area contributed by atoms with Crippen molar-refractivity contribution in [2.75, 3.05) is 0 Å². The van der Waals surface area contributed by atoms with Gasteiger partial charge in [0.05, 0.1) is 11.9 Å². The second kappa shape index (κ2) is 4.26. The van der Waals surface area contributed by atoms with E-state index in [1.807, 2.05) is 6.07 Å². The molecule has 0 atom stereocenters. The lowest BCUT2D eigenvalue weighted by Gasteiger charge is -1.98. The molecule has 3 nitrogen and oxygen atoms in total. The average molecular weight is 212 g/mol. The zero-order valence-electron chi connectivity index (χ0n) is 7.40. The topological polar surface area (TPSA) is 56.2 Å². The van der Waals surface area contributed by atoms with E-state index in [9.17, 15) is 4.79 Å². The van der Waals surface area contributed by atoms with Gasteiger partial charge in [0.25, 0.3) is 0 Å². The maximum atomic E-state index is 11.4. The summed E-state index contributed by atoms with van der Waals surface area (Å²) in [5.74, 6) is 0.517. The Labute approximate surface area is 86.9 Å². The average Bonchev–Trinajstić information content (AvgIpc) is 2.18. The molecule has 14 heavy (non-hydrogen) atoms. The fourth-order valence-corrected chi connectivity index (χ4v) is 1.25. The highest BCUT2D eigenvalue weighted by Crippen LogP contribution is 2.10. The van der Waals surface area contributed by atoms with Crippen molar-refractivity contribution in [3.63, 3.8) is 0 Å². The molecule has 1 aromatic carbocycles. The van der Waals surface area contributed by atoms with E-state index in [0.717, 1.165) is 0 Å². The zero-order chi connectivity index (χ0) is 9.26. The highest BCUT2D eigenvalue weighted by Gasteiger charge is 2.01. The molecule has 0 aliphatic rings. The van der Waals surface area contributed by atoms with Crippen molar-refractivity contribution in [1.29, 1.82) is 0 Å². The molecule has 2 rings (SSSR count). The molecular formula is C10H10ClNO2. The summed E-state index contributed by atoms with van der Waals surface area (Å²) in [6.45, 7) is 0.250. The summed E-state index contributed by atoms with van der Waals surface area (Å²) >= 11 is 0. The Kier molecular flexibility index (Phi) is 3.28. The number of halogens is 1. The van der Waals surface area contributed by atoms with Gasteiger partial charge in [0, 0.05) is 6.07 Å². The smallest absolute Gasteiger partial charge is 0.192 e. The Morgan fingerprint density at radius 2 is 2.00 bits per heavy atom. The number of benzene rings is 1. The fraction of sp³-hybridized carbons (Fsp3) is 0.100. The zero-order valence-corrected chi connectivity index (χ0v) is 8.21. The summed E-state index contributed by atoms with van der Waals surface area (Å²) in [5, 5.41) is 0.597. The standard InChI is InChI=1S/C10H9NO2.ClH/c11-6-7-5-9(12)8-3-1-2-4-10(8)13-7;/h1-5H,6,11H2;1H. The van der Waals surface area contributed by atoms with Gasteiger partial charge in [-0.25, -0.2) is 0 Å². The van der Waals surface area contributed by atoms with Crippen molar-refractivity contribution in [3.8, 4) is 0 Å². The lowest BCUT2D eigenvalue weighted by atomic mass is 10.2. The largest absolute Gasteiger partial charge is 0.459 e. The third kappa shape index (κ3) is 1.78. The molecule has 74 valence electrons. The second-order valence-electron chi connectivity index (χ2n) is 2.78. The molecule has 0 aliphatic heterocycles. The van der Waals surface area contributed by atoms with Gasteiger partial charge >= 0.3 is 0 Å². The second-order valence-corrected chi connectivity index (χ2v) is 2.78. The van der Waals surface area contributed by atoms with Crippen LogP contribution >= 0.6 is 12.4 Å². The molecule has 0 aliphatic carbocycles. The van der Waals surface area contributed by atoms with E-state index >= 15 is 0 Å². The van der Waals surface area contributed by atoms with E-state index in [1.54, 1.807) is 18.2 Å². The van der Waals surface area contributed by atoms with E-state index in [1.165, 1.54) is 6.07 Å². The molecule has 0 amide bonds. The number of fused-ring (bicyclic) bond motifs is 1. The first-order valence-electron chi connectivity index (χ1n) is 4.03. The van der Waals surface area contributed by atoms with E-state index in [-0.39, 0.29) is 24.4 Å². The molecule has 0 radical (unpaired) electrons. The van der Waals surface area contributed by atoms with Crippen LogP contribution < -0.4 is 11.2 Å². The molecule has 0 unspecified atom stereocenters. The van der Waals surface area contributed by atoms with Crippen LogP contribution in [0.2, 0.25) is 0 Å². The van der Waals surface area contributed by atoms with Gasteiger partial charge in [-0.15, -0.1) is 12.4 Å². The Hall–Kier alpha value is -1.32. The van der Waals surface area contributed by atoms with Gasteiger partial charge in [0.2, 0.25) is 0 Å². The van der Waals surface area contributed by atoms with E-state index in [0.29, 0.717) is 16.7 Å². The Morgan fingerprint density at radius 3 is 2.71 bits per heavy atom. The first kappa shape index (κ1) is 10.8. The van der Waals surface area contributed by atoms with Crippen molar-refractivity contribution in [1.82, 2.24) is 0 Å². The van der Waals surface area contributed by atoms with Crippen LogP contribution in [0.15, 0.2) is 39.5 Å². The van der Waals surface area contributed by atoms with Crippen molar-refractivity contribution in [3.05, 3.63) is 46.3 Å². The van der Waals surface area contributed by atoms with E-state index < -0.39 is 0 Å². The maximum absolute atomic E-state index is 11.4. The molecular weight excluding hydrogens is 202 g/mol. The van der Waals surface area contributed by atoms with E-state index in [2.05, 4.69) is 0 Å². The summed E-state index contributed by atoms with van der Waals surface area (Å²) in [6.07, 6.45) is 0. The molecule has 0 spiro atoms. The molecule has 1 heterocycles. The van der Waals surface area contributed by atoms with Crippen LogP contribution in [0.3, 0.4) is 0 Å². The predicted octanol–water partition coefficient (Wildman–Crippen LogP) is 1.67. The molecule has 2 aromatic rings. The van der Waals surface area contributed by atoms with E-state index in [4.69, 9.17) is 10.2 Å². The third-order valence-corrected chi connectivity index (χ3v) is 1.89. The van der Waals surface area contributed by atoms with Crippen LogP contribution in [0.1, 0.15) is 5.76 Å². The normalized spacial score (nSPS) is 9.79. The fourth-order valence-electron chi connectivity index (χ4n) is 1.25. The third-order valence-electron chi connectivity index (χ3n) is 1.89. The summed E-state index contributed by atoms with van der Waals surface area (Å²) in [6, 6.07) is 8.56. The Morgan fingerprint density at radius 1 is 1.29 bits per heavy atom. The van der Waals surface area contributed by atoms with Gasteiger partial charge in [-0.05, 0) is 12.1 Å². The van der Waals surface area contributed by atoms with Crippen LogP contribution in [-0.4, -0.2) is 0 Å². The summed E-state index contributed by atoms with van der Waals surface area (Å²) in [7, 11) is 0. The van der Waals surface area contributed by atoms with Crippen LogP contribution in [0.25, 0.3) is 11.0 Å². The van der Waals surface area contributed by atoms with Crippen molar-refractivity contribution in [2.24, 2.45) is 5.73 Å². The van der Waals surface area contributed by atoms with Gasteiger partial charge in [-0.3, -0.25) is 4.79 Å². The summed E-state index contributed by atoms with van der Waals surface area (Å²) in [5.41, 5.74) is 5.93. The van der Waals surface area contributed by atoms with Crippen LogP contribution in [-0.2, 0) is 6.54 Å². The first-order chi connectivity index (χ1) is 6.31.